The monoisotopic (exact) mass is 257 g/mol. The summed E-state index contributed by atoms with van der Waals surface area (Å²) in [6.07, 6.45) is 0.594. The Labute approximate surface area is 106 Å². The van der Waals surface area contributed by atoms with E-state index in [-0.39, 0.29) is 16.4 Å². The normalized spacial score (nSPS) is 27.1. The van der Waals surface area contributed by atoms with Crippen LogP contribution >= 0.6 is 11.8 Å². The van der Waals surface area contributed by atoms with Crippen LogP contribution in [0.1, 0.15) is 20.3 Å². The third-order valence-electron chi connectivity index (χ3n) is 3.29. The molecule has 4 nitrogen and oxygen atoms in total. The summed E-state index contributed by atoms with van der Waals surface area (Å²) in [7, 11) is 0. The number of nitrogens with zero attached hydrogens (tertiary/aromatic N) is 1. The maximum atomic E-state index is 11.8. The minimum absolute atomic E-state index is 0.134. The van der Waals surface area contributed by atoms with E-state index < -0.39 is 0 Å². The summed E-state index contributed by atoms with van der Waals surface area (Å²) in [6, 6.07) is 0. The molecule has 0 bridgehead atoms. The van der Waals surface area contributed by atoms with Crippen LogP contribution in [0.3, 0.4) is 0 Å². The Bertz CT molecular complexity index is 328. The second-order valence-corrected chi connectivity index (χ2v) is 6.65. The Balaban J connectivity index is 1.80. The molecule has 2 aliphatic rings. The average Bonchev–Trinajstić information content (AvgIpc) is 2.54. The standard InChI is InChI=1S/C12H19NO3S/c1-9(14)17-5-10-3-11(15)13(4-10)6-12(2)7-16-8-12/h10H,3-8H2,1-2H3. The molecule has 2 fully saturated rings. The molecule has 1 atom stereocenters. The first kappa shape index (κ1) is 12.9. The number of rotatable bonds is 4. The van der Waals surface area contributed by atoms with Crippen molar-refractivity contribution in [3.63, 3.8) is 0 Å². The number of thioether (sulfide) groups is 1. The molecule has 0 aliphatic carbocycles. The molecule has 5 heteroatoms. The molecule has 1 amide bonds. The van der Waals surface area contributed by atoms with Crippen molar-refractivity contribution < 1.29 is 14.3 Å². The van der Waals surface area contributed by atoms with Crippen molar-refractivity contribution in [3.8, 4) is 0 Å². The first-order valence-electron chi connectivity index (χ1n) is 5.97. The number of hydrogen-bond donors (Lipinski definition) is 0. The van der Waals surface area contributed by atoms with E-state index in [2.05, 4.69) is 6.92 Å². The number of likely N-dealkylation sites (tertiary alicyclic amines) is 1. The topological polar surface area (TPSA) is 46.6 Å². The largest absolute Gasteiger partial charge is 0.380 e. The van der Waals surface area contributed by atoms with Crippen LogP contribution in [0.2, 0.25) is 0 Å². The van der Waals surface area contributed by atoms with Crippen LogP contribution in [-0.2, 0) is 14.3 Å². The maximum absolute atomic E-state index is 11.8. The molecule has 0 saturated carbocycles. The Morgan fingerprint density at radius 1 is 1.59 bits per heavy atom. The molecule has 0 aromatic rings. The van der Waals surface area contributed by atoms with Crippen LogP contribution in [0.25, 0.3) is 0 Å². The highest BCUT2D eigenvalue weighted by molar-refractivity contribution is 8.13. The molecule has 2 aliphatic heterocycles. The second-order valence-electron chi connectivity index (χ2n) is 5.45. The Kier molecular flexibility index (Phi) is 3.78. The molecule has 2 heterocycles. The van der Waals surface area contributed by atoms with E-state index in [1.165, 1.54) is 11.8 Å². The predicted molar refractivity (Wildman–Crippen MR) is 66.8 cm³/mol. The van der Waals surface area contributed by atoms with E-state index >= 15 is 0 Å². The smallest absolute Gasteiger partial charge is 0.222 e. The SMILES string of the molecule is CC(=O)SCC1CC(=O)N(CC2(C)COC2)C1. The maximum Gasteiger partial charge on any atom is 0.222 e. The van der Waals surface area contributed by atoms with Gasteiger partial charge in [0, 0.05) is 37.6 Å². The lowest BCUT2D eigenvalue weighted by Crippen LogP contribution is -2.49. The van der Waals surface area contributed by atoms with Crippen LogP contribution in [0.5, 0.6) is 0 Å². The van der Waals surface area contributed by atoms with Gasteiger partial charge in [0.2, 0.25) is 5.91 Å². The van der Waals surface area contributed by atoms with Gasteiger partial charge in [-0.15, -0.1) is 0 Å². The van der Waals surface area contributed by atoms with E-state index in [1.807, 2.05) is 4.90 Å². The number of amides is 1. The molecular weight excluding hydrogens is 238 g/mol. The van der Waals surface area contributed by atoms with Gasteiger partial charge in [0.05, 0.1) is 13.2 Å². The summed E-state index contributed by atoms with van der Waals surface area (Å²) in [5.74, 6) is 1.33. The van der Waals surface area contributed by atoms with Crippen molar-refractivity contribution in [1.82, 2.24) is 4.90 Å². The minimum atomic E-state index is 0.134. The van der Waals surface area contributed by atoms with E-state index in [1.54, 1.807) is 6.92 Å². The molecule has 2 rings (SSSR count). The van der Waals surface area contributed by atoms with Gasteiger partial charge in [-0.25, -0.2) is 0 Å². The highest BCUT2D eigenvalue weighted by Crippen LogP contribution is 2.31. The fourth-order valence-electron chi connectivity index (χ4n) is 2.36. The van der Waals surface area contributed by atoms with Gasteiger partial charge < -0.3 is 9.64 Å². The summed E-state index contributed by atoms with van der Waals surface area (Å²) < 4.78 is 5.20. The van der Waals surface area contributed by atoms with Crippen molar-refractivity contribution in [3.05, 3.63) is 0 Å². The summed E-state index contributed by atoms with van der Waals surface area (Å²) in [5.41, 5.74) is 0.151. The fourth-order valence-corrected chi connectivity index (χ4v) is 3.05. The zero-order valence-electron chi connectivity index (χ0n) is 10.4. The summed E-state index contributed by atoms with van der Waals surface area (Å²) in [5, 5.41) is 0.134. The first-order chi connectivity index (χ1) is 7.98. The van der Waals surface area contributed by atoms with Crippen LogP contribution < -0.4 is 0 Å². The number of carbonyl (C=O) groups is 2. The molecule has 0 aromatic heterocycles. The van der Waals surface area contributed by atoms with Gasteiger partial charge in [0.15, 0.2) is 5.12 Å². The minimum Gasteiger partial charge on any atom is -0.380 e. The highest BCUT2D eigenvalue weighted by atomic mass is 32.2. The molecule has 96 valence electrons. The van der Waals surface area contributed by atoms with Crippen LogP contribution in [0.15, 0.2) is 0 Å². The summed E-state index contributed by atoms with van der Waals surface area (Å²) in [6.45, 7) is 6.84. The zero-order valence-corrected chi connectivity index (χ0v) is 11.2. The number of carbonyl (C=O) groups excluding carboxylic acids is 2. The van der Waals surface area contributed by atoms with E-state index in [9.17, 15) is 9.59 Å². The molecular formula is C12H19NO3S. The number of hydrogen-bond acceptors (Lipinski definition) is 4. The fraction of sp³-hybridized carbons (Fsp3) is 0.833. The third kappa shape index (κ3) is 3.22. The Morgan fingerprint density at radius 2 is 2.29 bits per heavy atom. The molecule has 1 unspecified atom stereocenters. The van der Waals surface area contributed by atoms with Gasteiger partial charge in [0.25, 0.3) is 0 Å². The van der Waals surface area contributed by atoms with Crippen molar-refractivity contribution in [1.29, 1.82) is 0 Å². The van der Waals surface area contributed by atoms with Crippen molar-refractivity contribution in [2.24, 2.45) is 11.3 Å². The summed E-state index contributed by atoms with van der Waals surface area (Å²) in [4.78, 5) is 24.7. The number of ether oxygens (including phenoxy) is 1. The molecule has 0 N–H and O–H groups in total. The average molecular weight is 257 g/mol. The Hall–Kier alpha value is -0.550. The van der Waals surface area contributed by atoms with Crippen LogP contribution in [-0.4, -0.2) is 48.0 Å². The zero-order chi connectivity index (χ0) is 12.5. The highest BCUT2D eigenvalue weighted by Gasteiger charge is 2.39. The van der Waals surface area contributed by atoms with Gasteiger partial charge in [0.1, 0.15) is 0 Å². The first-order valence-corrected chi connectivity index (χ1v) is 6.96. The van der Waals surface area contributed by atoms with Crippen LogP contribution in [0, 0.1) is 11.3 Å². The molecule has 0 aromatic carbocycles. The van der Waals surface area contributed by atoms with Gasteiger partial charge in [-0.2, -0.15) is 0 Å². The van der Waals surface area contributed by atoms with Crippen molar-refractivity contribution in [2.75, 3.05) is 32.1 Å². The van der Waals surface area contributed by atoms with Crippen molar-refractivity contribution >= 4 is 22.8 Å². The van der Waals surface area contributed by atoms with Crippen molar-refractivity contribution in [2.45, 2.75) is 20.3 Å². The molecule has 17 heavy (non-hydrogen) atoms. The van der Waals surface area contributed by atoms with E-state index in [0.717, 1.165) is 32.1 Å². The lowest BCUT2D eigenvalue weighted by atomic mass is 9.88. The van der Waals surface area contributed by atoms with E-state index in [4.69, 9.17) is 4.74 Å². The summed E-state index contributed by atoms with van der Waals surface area (Å²) >= 11 is 1.33. The molecule has 0 radical (unpaired) electrons. The van der Waals surface area contributed by atoms with E-state index in [0.29, 0.717) is 12.3 Å². The molecule has 0 spiro atoms. The van der Waals surface area contributed by atoms with Gasteiger partial charge in [-0.3, -0.25) is 9.59 Å². The molecule has 2 saturated heterocycles. The third-order valence-corrected chi connectivity index (χ3v) is 4.34. The lowest BCUT2D eigenvalue weighted by molar-refractivity contribution is -0.140. The Morgan fingerprint density at radius 3 is 2.82 bits per heavy atom. The van der Waals surface area contributed by atoms with Crippen LogP contribution in [0.4, 0.5) is 0 Å². The predicted octanol–water partition coefficient (Wildman–Crippen LogP) is 1.15. The second kappa shape index (κ2) is 4.98. The van der Waals surface area contributed by atoms with Gasteiger partial charge in [-0.1, -0.05) is 18.7 Å². The quantitative estimate of drug-likeness (QED) is 0.758. The van der Waals surface area contributed by atoms with Gasteiger partial charge >= 0.3 is 0 Å². The lowest BCUT2D eigenvalue weighted by Gasteiger charge is -2.40. The van der Waals surface area contributed by atoms with Gasteiger partial charge in [-0.05, 0) is 5.92 Å².